The van der Waals surface area contributed by atoms with E-state index in [9.17, 15) is 18.6 Å². The molecule has 0 amide bonds. The molecule has 2 saturated heterocycles. The summed E-state index contributed by atoms with van der Waals surface area (Å²) in [6.07, 6.45) is 0.320. The first-order valence-corrected chi connectivity index (χ1v) is 16.5. The molecular formula is C35H38N2O6S. The van der Waals surface area contributed by atoms with Crippen LogP contribution in [-0.2, 0) is 32.6 Å². The van der Waals surface area contributed by atoms with Gasteiger partial charge in [0.15, 0.2) is 6.29 Å². The zero-order valence-electron chi connectivity index (χ0n) is 24.5. The summed E-state index contributed by atoms with van der Waals surface area (Å²) >= 11 is 0. The number of β-amino-alcohol motifs (C(OH)–C–C–N with tert-alkyl or cyclic N) is 1. The smallest absolute Gasteiger partial charge is 0.240 e. The largest absolute Gasteiger partial charge is 0.392 e. The van der Waals surface area contributed by atoms with Gasteiger partial charge in [0.05, 0.1) is 29.8 Å². The van der Waals surface area contributed by atoms with Gasteiger partial charge in [0.1, 0.15) is 0 Å². The number of nitrogens with zero attached hydrogens (tertiary/aromatic N) is 1. The van der Waals surface area contributed by atoms with E-state index in [1.807, 2.05) is 72.8 Å². The van der Waals surface area contributed by atoms with Gasteiger partial charge in [-0.25, -0.2) is 13.1 Å². The van der Waals surface area contributed by atoms with Crippen molar-refractivity contribution in [1.29, 1.82) is 0 Å². The van der Waals surface area contributed by atoms with Crippen LogP contribution in [-0.4, -0.2) is 55.4 Å². The summed E-state index contributed by atoms with van der Waals surface area (Å²) in [5.41, 5.74) is 5.53. The van der Waals surface area contributed by atoms with Crippen LogP contribution in [0.2, 0.25) is 0 Å². The minimum atomic E-state index is -3.64. The summed E-state index contributed by atoms with van der Waals surface area (Å²) < 4.78 is 41.4. The van der Waals surface area contributed by atoms with E-state index < -0.39 is 16.3 Å². The number of ether oxygens (including phenoxy) is 2. The molecule has 0 radical (unpaired) electrons. The van der Waals surface area contributed by atoms with Gasteiger partial charge in [-0.15, -0.1) is 0 Å². The highest BCUT2D eigenvalue weighted by Gasteiger charge is 2.34. The molecular weight excluding hydrogens is 576 g/mol. The summed E-state index contributed by atoms with van der Waals surface area (Å²) in [6, 6.07) is 32.0. The van der Waals surface area contributed by atoms with Crippen molar-refractivity contribution in [1.82, 2.24) is 9.62 Å². The van der Waals surface area contributed by atoms with Crippen LogP contribution < -0.4 is 4.72 Å². The first-order valence-electron chi connectivity index (χ1n) is 15.0. The summed E-state index contributed by atoms with van der Waals surface area (Å²) in [6.45, 7) is 2.36. The first-order chi connectivity index (χ1) is 21.4. The summed E-state index contributed by atoms with van der Waals surface area (Å²) in [5.74, 6) is 0. The Morgan fingerprint density at radius 1 is 0.841 bits per heavy atom. The van der Waals surface area contributed by atoms with Crippen molar-refractivity contribution in [3.63, 3.8) is 0 Å². The molecule has 230 valence electrons. The molecule has 0 bridgehead atoms. The Morgan fingerprint density at radius 2 is 1.55 bits per heavy atom. The van der Waals surface area contributed by atoms with Crippen LogP contribution in [0, 0.1) is 0 Å². The molecule has 8 nitrogen and oxygen atoms in total. The highest BCUT2D eigenvalue weighted by atomic mass is 32.2. The van der Waals surface area contributed by atoms with E-state index in [-0.39, 0.29) is 36.4 Å². The molecule has 6 rings (SSSR count). The van der Waals surface area contributed by atoms with Crippen LogP contribution in [0.15, 0.2) is 108 Å². The lowest BCUT2D eigenvalue weighted by molar-refractivity contribution is -0.252. The van der Waals surface area contributed by atoms with Crippen LogP contribution in [0.5, 0.6) is 0 Å². The van der Waals surface area contributed by atoms with Crippen molar-refractivity contribution >= 4 is 10.0 Å². The Hall–Kier alpha value is -3.41. The molecule has 44 heavy (non-hydrogen) atoms. The third kappa shape index (κ3) is 7.27. The maximum absolute atomic E-state index is 12.8. The fourth-order valence-electron chi connectivity index (χ4n) is 5.93. The number of aliphatic hydroxyl groups excluding tert-OH is 2. The van der Waals surface area contributed by atoms with Gasteiger partial charge >= 0.3 is 0 Å². The number of sulfonamides is 1. The maximum Gasteiger partial charge on any atom is 0.240 e. The second-order valence-electron chi connectivity index (χ2n) is 11.5. The van der Waals surface area contributed by atoms with Gasteiger partial charge < -0.3 is 19.7 Å². The number of hydrogen-bond acceptors (Lipinski definition) is 7. The Balaban J connectivity index is 1.20. The Labute approximate surface area is 258 Å². The van der Waals surface area contributed by atoms with Crippen molar-refractivity contribution in [3.05, 3.63) is 125 Å². The lowest BCUT2D eigenvalue weighted by atomic mass is 9.97. The average molecular weight is 615 g/mol. The number of hydrogen-bond donors (Lipinski definition) is 3. The molecule has 2 aliphatic heterocycles. The molecule has 0 aliphatic carbocycles. The van der Waals surface area contributed by atoms with E-state index in [4.69, 9.17) is 9.47 Å². The predicted octanol–water partition coefficient (Wildman–Crippen LogP) is 4.94. The van der Waals surface area contributed by atoms with Gasteiger partial charge in [0, 0.05) is 38.2 Å². The normalized spacial score (nSPS) is 22.7. The van der Waals surface area contributed by atoms with E-state index >= 15 is 0 Å². The number of aliphatic hydroxyl groups is 2. The number of benzene rings is 4. The molecule has 0 unspecified atom stereocenters. The number of nitrogens with one attached hydrogen (secondary N) is 1. The minimum absolute atomic E-state index is 0.00811. The zero-order valence-corrected chi connectivity index (χ0v) is 25.3. The predicted molar refractivity (Wildman–Crippen MR) is 168 cm³/mol. The summed E-state index contributed by atoms with van der Waals surface area (Å²) in [5, 5.41) is 19.5. The zero-order chi connectivity index (χ0) is 30.5. The van der Waals surface area contributed by atoms with Crippen molar-refractivity contribution in [2.45, 2.75) is 55.5 Å². The molecule has 9 heteroatoms. The molecule has 4 aromatic carbocycles. The van der Waals surface area contributed by atoms with E-state index in [0.29, 0.717) is 19.5 Å². The second-order valence-corrected chi connectivity index (χ2v) is 13.2. The van der Waals surface area contributed by atoms with E-state index in [2.05, 4.69) is 9.62 Å². The standard InChI is InChI=1S/C35H38N2O6S/c38-24-25-10-12-27(13-11-25)34-20-31(23-37-19-18-30(39)22-37)42-35(43-34)28-16-14-26(15-17-28)33-9-5-4-6-29(33)21-36-44(40,41)32-7-2-1-3-8-32/h1-17,30-31,34-36,38-39H,18-24H2/t30-,31-,34+,35+/m0/s1. The minimum Gasteiger partial charge on any atom is -0.392 e. The molecule has 0 saturated carbocycles. The van der Waals surface area contributed by atoms with Gasteiger partial charge in [-0.1, -0.05) is 91.0 Å². The summed E-state index contributed by atoms with van der Waals surface area (Å²) in [4.78, 5) is 2.48. The molecule has 3 N–H and O–H groups in total. The van der Waals surface area contributed by atoms with E-state index in [0.717, 1.165) is 46.3 Å². The van der Waals surface area contributed by atoms with Gasteiger partial charge in [-0.3, -0.25) is 4.90 Å². The van der Waals surface area contributed by atoms with Gasteiger partial charge in [0.2, 0.25) is 10.0 Å². The third-order valence-electron chi connectivity index (χ3n) is 8.34. The average Bonchev–Trinajstić information content (AvgIpc) is 3.48. The highest BCUT2D eigenvalue weighted by molar-refractivity contribution is 7.89. The topological polar surface area (TPSA) is 108 Å². The molecule has 0 spiro atoms. The van der Waals surface area contributed by atoms with Crippen LogP contribution in [0.4, 0.5) is 0 Å². The Morgan fingerprint density at radius 3 is 2.25 bits per heavy atom. The molecule has 2 heterocycles. The number of likely N-dealkylation sites (tertiary alicyclic amines) is 1. The maximum atomic E-state index is 12.8. The fourth-order valence-corrected chi connectivity index (χ4v) is 6.96. The van der Waals surface area contributed by atoms with Gasteiger partial charge in [-0.05, 0) is 46.4 Å². The lowest BCUT2D eigenvalue weighted by Crippen LogP contribution is -2.38. The van der Waals surface area contributed by atoms with Gasteiger partial charge in [0.25, 0.3) is 0 Å². The van der Waals surface area contributed by atoms with Crippen molar-refractivity contribution < 1.29 is 28.1 Å². The van der Waals surface area contributed by atoms with Crippen LogP contribution in [0.25, 0.3) is 11.1 Å². The third-order valence-corrected chi connectivity index (χ3v) is 9.76. The number of rotatable bonds is 10. The van der Waals surface area contributed by atoms with Gasteiger partial charge in [-0.2, -0.15) is 0 Å². The molecule has 0 aromatic heterocycles. The first kappa shape index (κ1) is 30.6. The van der Waals surface area contributed by atoms with Crippen LogP contribution >= 0.6 is 0 Å². The fraction of sp³-hybridized carbons (Fsp3) is 0.314. The molecule has 4 aromatic rings. The molecule has 2 aliphatic rings. The molecule has 4 atom stereocenters. The summed E-state index contributed by atoms with van der Waals surface area (Å²) in [7, 11) is -3.64. The van der Waals surface area contributed by atoms with E-state index in [1.165, 1.54) is 0 Å². The van der Waals surface area contributed by atoms with Crippen molar-refractivity contribution in [2.75, 3.05) is 19.6 Å². The van der Waals surface area contributed by atoms with E-state index in [1.54, 1.807) is 30.3 Å². The Kier molecular flexibility index (Phi) is 9.53. The monoisotopic (exact) mass is 614 g/mol. The Bertz CT molecular complexity index is 1630. The van der Waals surface area contributed by atoms with Crippen molar-refractivity contribution in [3.8, 4) is 11.1 Å². The highest BCUT2D eigenvalue weighted by Crippen LogP contribution is 2.39. The second kappa shape index (κ2) is 13.7. The van der Waals surface area contributed by atoms with Crippen LogP contribution in [0.1, 0.15) is 47.5 Å². The SMILES string of the molecule is O=S(=O)(NCc1ccccc1-c1ccc([C@@H]2O[C@H](CN3CC[C@H](O)C3)C[C@H](c3ccc(CO)cc3)O2)cc1)c1ccccc1. The molecule has 2 fully saturated rings. The lowest BCUT2D eigenvalue weighted by Gasteiger charge is -2.38. The van der Waals surface area contributed by atoms with Crippen molar-refractivity contribution in [2.24, 2.45) is 0 Å². The quantitative estimate of drug-likeness (QED) is 0.232. The van der Waals surface area contributed by atoms with Crippen LogP contribution in [0.3, 0.4) is 0 Å².